The molecule has 7 nitrogen and oxygen atoms in total. The Balaban J connectivity index is 2.89. The number of ether oxygens (including phenoxy) is 1. The third-order valence-corrected chi connectivity index (χ3v) is 6.41. The van der Waals surface area contributed by atoms with Gasteiger partial charge in [-0.2, -0.15) is 0 Å². The van der Waals surface area contributed by atoms with Crippen LogP contribution in [0, 0.1) is 0 Å². The number of hydrogen-bond donors (Lipinski definition) is 0. The molecule has 8 heteroatoms. The molecule has 0 aliphatic carbocycles. The molecule has 0 aliphatic rings. The Labute approximate surface area is 162 Å². The average molecular weight is 399 g/mol. The van der Waals surface area contributed by atoms with Crippen LogP contribution >= 0.6 is 0 Å². The van der Waals surface area contributed by atoms with Crippen LogP contribution < -0.4 is 0 Å². The zero-order valence-electron chi connectivity index (χ0n) is 16.9. The lowest BCUT2D eigenvalue weighted by atomic mass is 10.1. The Morgan fingerprint density at radius 3 is 2.11 bits per heavy atom. The zero-order valence-corrected chi connectivity index (χ0v) is 17.7. The van der Waals surface area contributed by atoms with E-state index < -0.39 is 16.0 Å². The normalized spacial score (nSPS) is 13.9. The Kier molecular flexibility index (Phi) is 8.43. The summed E-state index contributed by atoms with van der Waals surface area (Å²) >= 11 is 0. The predicted octanol–water partition coefficient (Wildman–Crippen LogP) is 2.52. The summed E-state index contributed by atoms with van der Waals surface area (Å²) in [5.41, 5.74) is 0.0874. The fourth-order valence-corrected chi connectivity index (χ4v) is 3.55. The van der Waals surface area contributed by atoms with Gasteiger partial charge in [0, 0.05) is 26.2 Å². The number of rotatable bonds is 9. The van der Waals surface area contributed by atoms with E-state index in [1.165, 1.54) is 38.4 Å². The van der Waals surface area contributed by atoms with Crippen LogP contribution in [-0.4, -0.2) is 62.3 Å². The van der Waals surface area contributed by atoms with Gasteiger partial charge < -0.3 is 9.64 Å². The largest absolute Gasteiger partial charge is 0.452 e. The van der Waals surface area contributed by atoms with Crippen LogP contribution in [0.25, 0.3) is 0 Å². The molecule has 1 rings (SSSR count). The smallest absolute Gasteiger partial charge is 0.338 e. The van der Waals surface area contributed by atoms with Crippen molar-refractivity contribution in [3.8, 4) is 0 Å². The number of benzene rings is 1. The fourth-order valence-electron chi connectivity index (χ4n) is 2.60. The average Bonchev–Trinajstić information content (AvgIpc) is 2.65. The summed E-state index contributed by atoms with van der Waals surface area (Å²) in [4.78, 5) is 26.6. The summed E-state index contributed by atoms with van der Waals surface area (Å²) in [6.45, 7) is 7.53. The van der Waals surface area contributed by atoms with Crippen molar-refractivity contribution in [1.82, 2.24) is 9.21 Å². The van der Waals surface area contributed by atoms with E-state index in [0.29, 0.717) is 0 Å². The maximum Gasteiger partial charge on any atom is 0.338 e. The van der Waals surface area contributed by atoms with Crippen molar-refractivity contribution in [1.29, 1.82) is 0 Å². The number of esters is 1. The third-order valence-electron chi connectivity index (χ3n) is 4.59. The van der Waals surface area contributed by atoms with Gasteiger partial charge in [-0.3, -0.25) is 4.79 Å². The summed E-state index contributed by atoms with van der Waals surface area (Å²) in [6.07, 6.45) is 1.60. The number of amides is 1. The molecule has 0 heterocycles. The molecule has 1 aromatic carbocycles. The number of carbonyl (C=O) groups excluding carboxylic acids is 2. The molecule has 1 aromatic rings. The maximum absolute atomic E-state index is 12.5. The second kappa shape index (κ2) is 9.85. The molecule has 0 radical (unpaired) electrons. The first kappa shape index (κ1) is 23.1. The van der Waals surface area contributed by atoms with Crippen LogP contribution in [0.1, 0.15) is 50.9 Å². The molecule has 0 unspecified atom stereocenters. The Morgan fingerprint density at radius 2 is 1.63 bits per heavy atom. The van der Waals surface area contributed by atoms with Crippen molar-refractivity contribution in [2.75, 3.05) is 20.7 Å². The summed E-state index contributed by atoms with van der Waals surface area (Å²) in [7, 11) is -0.828. The minimum atomic E-state index is -3.66. The van der Waals surface area contributed by atoms with E-state index in [4.69, 9.17) is 4.74 Å². The Bertz CT molecular complexity index is 751. The second-order valence-corrected chi connectivity index (χ2v) is 8.86. The first-order valence-corrected chi connectivity index (χ1v) is 10.5. The molecular formula is C19H30N2O5S. The van der Waals surface area contributed by atoms with Crippen LogP contribution in [-0.2, 0) is 19.6 Å². The predicted molar refractivity (Wildman–Crippen MR) is 104 cm³/mol. The van der Waals surface area contributed by atoms with E-state index in [9.17, 15) is 18.0 Å². The molecule has 2 atom stereocenters. The van der Waals surface area contributed by atoms with Gasteiger partial charge in [-0.1, -0.05) is 19.9 Å². The lowest BCUT2D eigenvalue weighted by Gasteiger charge is -2.33. The third kappa shape index (κ3) is 5.77. The highest BCUT2D eigenvalue weighted by molar-refractivity contribution is 7.89. The van der Waals surface area contributed by atoms with Gasteiger partial charge in [0.05, 0.1) is 10.5 Å². The minimum absolute atomic E-state index is 0.00545. The first-order chi connectivity index (χ1) is 12.6. The van der Waals surface area contributed by atoms with Gasteiger partial charge in [0.2, 0.25) is 10.0 Å². The lowest BCUT2D eigenvalue weighted by molar-refractivity contribution is -0.139. The number of carbonyl (C=O) groups is 2. The van der Waals surface area contributed by atoms with Gasteiger partial charge in [0.1, 0.15) is 0 Å². The van der Waals surface area contributed by atoms with Gasteiger partial charge in [-0.25, -0.2) is 17.5 Å². The standard InChI is InChI=1S/C19H30N2O5S/c1-7-14(3)21(15(4)8-2)18(22)13-26-19(23)16-10-9-11-17(12-16)27(24,25)20(5)6/h9-12,14-15H,7-8,13H2,1-6H3/t14-,15-/m1/s1. The first-order valence-electron chi connectivity index (χ1n) is 9.07. The summed E-state index contributed by atoms with van der Waals surface area (Å²) in [5, 5.41) is 0. The second-order valence-electron chi connectivity index (χ2n) is 6.71. The van der Waals surface area contributed by atoms with E-state index in [0.717, 1.165) is 17.1 Å². The van der Waals surface area contributed by atoms with Crippen molar-refractivity contribution in [3.63, 3.8) is 0 Å². The lowest BCUT2D eigenvalue weighted by Crippen LogP contribution is -2.46. The van der Waals surface area contributed by atoms with Crippen molar-refractivity contribution >= 4 is 21.9 Å². The van der Waals surface area contributed by atoms with Gasteiger partial charge in [-0.15, -0.1) is 0 Å². The molecule has 0 aromatic heterocycles. The van der Waals surface area contributed by atoms with E-state index >= 15 is 0 Å². The number of sulfonamides is 1. The van der Waals surface area contributed by atoms with Crippen LogP contribution in [0.3, 0.4) is 0 Å². The van der Waals surface area contributed by atoms with Crippen molar-refractivity contribution in [2.45, 2.75) is 57.5 Å². The number of hydrogen-bond acceptors (Lipinski definition) is 5. The quantitative estimate of drug-likeness (QED) is 0.597. The number of nitrogens with zero attached hydrogens (tertiary/aromatic N) is 2. The molecule has 0 spiro atoms. The SMILES string of the molecule is CC[C@@H](C)N(C(=O)COC(=O)c1cccc(S(=O)(=O)N(C)C)c1)[C@H](C)CC. The van der Waals surface area contributed by atoms with Gasteiger partial charge in [0.25, 0.3) is 5.91 Å². The van der Waals surface area contributed by atoms with Crippen molar-refractivity contribution in [2.24, 2.45) is 0 Å². The molecule has 0 bridgehead atoms. The monoisotopic (exact) mass is 398 g/mol. The fraction of sp³-hybridized carbons (Fsp3) is 0.579. The van der Waals surface area contributed by atoms with Gasteiger partial charge in [0.15, 0.2) is 6.61 Å². The van der Waals surface area contributed by atoms with E-state index in [2.05, 4.69) is 0 Å². The highest BCUT2D eigenvalue weighted by atomic mass is 32.2. The zero-order chi connectivity index (χ0) is 20.8. The molecule has 0 saturated heterocycles. The van der Waals surface area contributed by atoms with Crippen molar-refractivity contribution in [3.05, 3.63) is 29.8 Å². The highest BCUT2D eigenvalue weighted by Crippen LogP contribution is 2.16. The molecule has 0 aliphatic heterocycles. The van der Waals surface area contributed by atoms with Crippen LogP contribution in [0.4, 0.5) is 0 Å². The molecule has 0 N–H and O–H groups in total. The topological polar surface area (TPSA) is 84.0 Å². The van der Waals surface area contributed by atoms with Gasteiger partial charge in [-0.05, 0) is 44.9 Å². The Hall–Kier alpha value is -1.93. The van der Waals surface area contributed by atoms with E-state index in [1.807, 2.05) is 27.7 Å². The van der Waals surface area contributed by atoms with Crippen molar-refractivity contribution < 1.29 is 22.7 Å². The minimum Gasteiger partial charge on any atom is -0.452 e. The van der Waals surface area contributed by atoms with Crippen LogP contribution in [0.2, 0.25) is 0 Å². The van der Waals surface area contributed by atoms with Crippen LogP contribution in [0.15, 0.2) is 29.2 Å². The molecule has 0 saturated carbocycles. The molecule has 152 valence electrons. The Morgan fingerprint density at radius 1 is 1.07 bits per heavy atom. The molecular weight excluding hydrogens is 368 g/mol. The maximum atomic E-state index is 12.5. The van der Waals surface area contributed by atoms with E-state index in [-0.39, 0.29) is 35.1 Å². The van der Waals surface area contributed by atoms with Crippen LogP contribution in [0.5, 0.6) is 0 Å². The van der Waals surface area contributed by atoms with E-state index in [1.54, 1.807) is 4.90 Å². The molecule has 1 amide bonds. The summed E-state index contributed by atoms with van der Waals surface area (Å²) in [6, 6.07) is 5.68. The summed E-state index contributed by atoms with van der Waals surface area (Å²) < 4.78 is 30.6. The molecule has 0 fully saturated rings. The summed E-state index contributed by atoms with van der Waals surface area (Å²) in [5.74, 6) is -0.989. The molecule has 27 heavy (non-hydrogen) atoms. The highest BCUT2D eigenvalue weighted by Gasteiger charge is 2.25. The van der Waals surface area contributed by atoms with Gasteiger partial charge >= 0.3 is 5.97 Å².